The minimum absolute atomic E-state index is 0.0783. The van der Waals surface area contributed by atoms with Gasteiger partial charge in [-0.1, -0.05) is 30.3 Å². The molecule has 0 amide bonds. The van der Waals surface area contributed by atoms with Gasteiger partial charge < -0.3 is 14.6 Å². The van der Waals surface area contributed by atoms with Crippen LogP contribution >= 0.6 is 0 Å². The topological polar surface area (TPSA) is 55.8 Å². The Morgan fingerprint density at radius 1 is 0.969 bits per heavy atom. The standard InChI is InChI=1S/C25H23F3O4/c1-17-19(15-24(29)30)6-2-9-23(17)32-22-8-3-7-21(16-22)31-14-4-5-18-10-12-20(13-11-18)25(26,27)28/h2-3,6-13,16H,4-5,14-15H2,1H3,(H,29,30). The van der Waals surface area contributed by atoms with Crippen molar-refractivity contribution in [2.75, 3.05) is 6.61 Å². The van der Waals surface area contributed by atoms with Crippen molar-refractivity contribution in [3.05, 3.63) is 89.0 Å². The number of benzene rings is 3. The van der Waals surface area contributed by atoms with Crippen molar-refractivity contribution in [2.24, 2.45) is 0 Å². The van der Waals surface area contributed by atoms with E-state index in [-0.39, 0.29) is 6.42 Å². The fourth-order valence-electron chi connectivity index (χ4n) is 3.21. The molecule has 7 heteroatoms. The maximum Gasteiger partial charge on any atom is 0.416 e. The van der Waals surface area contributed by atoms with Crippen LogP contribution in [0.2, 0.25) is 0 Å². The van der Waals surface area contributed by atoms with Crippen LogP contribution in [0.5, 0.6) is 17.2 Å². The van der Waals surface area contributed by atoms with Crippen molar-refractivity contribution in [2.45, 2.75) is 32.4 Å². The zero-order valence-electron chi connectivity index (χ0n) is 17.5. The van der Waals surface area contributed by atoms with Crippen LogP contribution < -0.4 is 9.47 Å². The van der Waals surface area contributed by atoms with Crippen molar-refractivity contribution in [1.82, 2.24) is 0 Å². The van der Waals surface area contributed by atoms with Crippen LogP contribution in [0.25, 0.3) is 0 Å². The summed E-state index contributed by atoms with van der Waals surface area (Å²) < 4.78 is 49.5. The molecule has 168 valence electrons. The fourth-order valence-corrected chi connectivity index (χ4v) is 3.21. The number of carboxylic acids is 1. The number of carboxylic acid groups (broad SMARTS) is 1. The van der Waals surface area contributed by atoms with Crippen LogP contribution in [0.4, 0.5) is 13.2 Å². The molecular weight excluding hydrogens is 421 g/mol. The number of carbonyl (C=O) groups is 1. The molecule has 0 saturated heterocycles. The van der Waals surface area contributed by atoms with E-state index in [2.05, 4.69) is 0 Å². The molecule has 0 saturated carbocycles. The lowest BCUT2D eigenvalue weighted by molar-refractivity contribution is -0.138. The summed E-state index contributed by atoms with van der Waals surface area (Å²) in [6.45, 7) is 2.22. The highest BCUT2D eigenvalue weighted by Gasteiger charge is 2.29. The molecule has 0 aliphatic carbocycles. The van der Waals surface area contributed by atoms with Gasteiger partial charge >= 0.3 is 12.1 Å². The van der Waals surface area contributed by atoms with E-state index in [1.807, 2.05) is 6.92 Å². The number of rotatable bonds is 9. The Balaban J connectivity index is 1.54. The summed E-state index contributed by atoms with van der Waals surface area (Å²) in [6, 6.07) is 17.5. The van der Waals surface area contributed by atoms with Crippen LogP contribution in [0.1, 0.15) is 28.7 Å². The monoisotopic (exact) mass is 444 g/mol. The maximum atomic E-state index is 12.6. The molecule has 0 heterocycles. The normalized spacial score (nSPS) is 11.2. The first-order valence-electron chi connectivity index (χ1n) is 10.1. The van der Waals surface area contributed by atoms with Gasteiger partial charge in [0, 0.05) is 6.07 Å². The summed E-state index contributed by atoms with van der Waals surface area (Å²) in [4.78, 5) is 11.0. The van der Waals surface area contributed by atoms with Crippen molar-refractivity contribution < 1.29 is 32.5 Å². The van der Waals surface area contributed by atoms with Gasteiger partial charge in [0.1, 0.15) is 17.2 Å². The average molecular weight is 444 g/mol. The fraction of sp³-hybridized carbons (Fsp3) is 0.240. The van der Waals surface area contributed by atoms with Crippen LogP contribution in [0, 0.1) is 6.92 Å². The van der Waals surface area contributed by atoms with Crippen molar-refractivity contribution in [1.29, 1.82) is 0 Å². The van der Waals surface area contributed by atoms with Crippen molar-refractivity contribution >= 4 is 5.97 Å². The summed E-state index contributed by atoms with van der Waals surface area (Å²) in [7, 11) is 0. The lowest BCUT2D eigenvalue weighted by Gasteiger charge is -2.13. The Kier molecular flexibility index (Phi) is 7.41. The molecule has 0 aromatic heterocycles. The first-order valence-corrected chi connectivity index (χ1v) is 10.1. The Morgan fingerprint density at radius 3 is 2.34 bits per heavy atom. The SMILES string of the molecule is Cc1c(CC(=O)O)cccc1Oc1cccc(OCCCc2ccc(C(F)(F)F)cc2)c1. The minimum atomic E-state index is -4.33. The lowest BCUT2D eigenvalue weighted by Crippen LogP contribution is -2.05. The molecule has 0 fully saturated rings. The van der Waals surface area contributed by atoms with Gasteiger partial charge in [0.2, 0.25) is 0 Å². The summed E-state index contributed by atoms with van der Waals surface area (Å²) in [5.74, 6) is 0.829. The summed E-state index contributed by atoms with van der Waals surface area (Å²) in [6.07, 6.45) is -3.16. The van der Waals surface area contributed by atoms with Gasteiger partial charge in [-0.15, -0.1) is 0 Å². The average Bonchev–Trinajstić information content (AvgIpc) is 2.74. The first kappa shape index (κ1) is 23.2. The third kappa shape index (κ3) is 6.51. The number of aryl methyl sites for hydroxylation is 1. The summed E-state index contributed by atoms with van der Waals surface area (Å²) in [5.41, 5.74) is 1.61. The Bertz CT molecular complexity index is 1060. The van der Waals surface area contributed by atoms with Crippen LogP contribution in [0.15, 0.2) is 66.7 Å². The molecule has 0 aliphatic rings. The van der Waals surface area contributed by atoms with Gasteiger partial charge in [-0.25, -0.2) is 0 Å². The molecule has 0 unspecified atom stereocenters. The molecule has 0 radical (unpaired) electrons. The lowest BCUT2D eigenvalue weighted by atomic mass is 10.1. The van der Waals surface area contributed by atoms with Gasteiger partial charge in [0.15, 0.2) is 0 Å². The number of halogens is 3. The summed E-state index contributed by atoms with van der Waals surface area (Å²) in [5, 5.41) is 9.03. The highest BCUT2D eigenvalue weighted by atomic mass is 19.4. The van der Waals surface area contributed by atoms with Crippen LogP contribution in [0.3, 0.4) is 0 Å². The highest BCUT2D eigenvalue weighted by molar-refractivity contribution is 5.71. The Morgan fingerprint density at radius 2 is 1.66 bits per heavy atom. The molecule has 3 rings (SSSR count). The number of aliphatic carboxylic acids is 1. The van der Waals surface area contributed by atoms with Crippen LogP contribution in [-0.2, 0) is 23.8 Å². The molecule has 0 bridgehead atoms. The molecule has 3 aromatic carbocycles. The molecule has 4 nitrogen and oxygen atoms in total. The first-order chi connectivity index (χ1) is 15.2. The predicted molar refractivity (Wildman–Crippen MR) is 114 cm³/mol. The smallest absolute Gasteiger partial charge is 0.416 e. The number of hydrogen-bond donors (Lipinski definition) is 1. The van der Waals surface area contributed by atoms with Gasteiger partial charge in [-0.2, -0.15) is 13.2 Å². The zero-order chi connectivity index (χ0) is 23.1. The molecule has 0 aliphatic heterocycles. The van der Waals surface area contributed by atoms with E-state index in [4.69, 9.17) is 14.6 Å². The van der Waals surface area contributed by atoms with Gasteiger partial charge in [-0.05, 0) is 66.8 Å². The van der Waals surface area contributed by atoms with Gasteiger partial charge in [0.05, 0.1) is 18.6 Å². The second-order valence-electron chi connectivity index (χ2n) is 7.33. The van der Waals surface area contributed by atoms with Gasteiger partial charge in [0.25, 0.3) is 0 Å². The Labute approximate surface area is 184 Å². The molecule has 3 aromatic rings. The van der Waals surface area contributed by atoms with E-state index >= 15 is 0 Å². The number of ether oxygens (including phenoxy) is 2. The van der Waals surface area contributed by atoms with Crippen molar-refractivity contribution in [3.63, 3.8) is 0 Å². The molecular formula is C25H23F3O4. The van der Waals surface area contributed by atoms with E-state index in [0.29, 0.717) is 42.3 Å². The molecule has 32 heavy (non-hydrogen) atoms. The largest absolute Gasteiger partial charge is 0.493 e. The Hall–Kier alpha value is -3.48. The molecule has 0 spiro atoms. The highest BCUT2D eigenvalue weighted by Crippen LogP contribution is 2.30. The quantitative estimate of drug-likeness (QED) is 0.386. The second-order valence-corrected chi connectivity index (χ2v) is 7.33. The van der Waals surface area contributed by atoms with Crippen molar-refractivity contribution in [3.8, 4) is 17.2 Å². The maximum absolute atomic E-state index is 12.6. The van der Waals surface area contributed by atoms with E-state index in [0.717, 1.165) is 23.3 Å². The van der Waals surface area contributed by atoms with Crippen LogP contribution in [-0.4, -0.2) is 17.7 Å². The summed E-state index contributed by atoms with van der Waals surface area (Å²) >= 11 is 0. The minimum Gasteiger partial charge on any atom is -0.493 e. The molecule has 0 atom stereocenters. The van der Waals surface area contributed by atoms with E-state index < -0.39 is 17.7 Å². The van der Waals surface area contributed by atoms with E-state index in [1.165, 1.54) is 12.1 Å². The zero-order valence-corrected chi connectivity index (χ0v) is 17.5. The second kappa shape index (κ2) is 10.2. The predicted octanol–water partition coefficient (Wildman–Crippen LogP) is 6.44. The van der Waals surface area contributed by atoms with E-state index in [9.17, 15) is 18.0 Å². The van der Waals surface area contributed by atoms with Gasteiger partial charge in [-0.3, -0.25) is 4.79 Å². The third-order valence-corrected chi connectivity index (χ3v) is 4.93. The third-order valence-electron chi connectivity index (χ3n) is 4.93. The number of alkyl halides is 3. The number of hydrogen-bond acceptors (Lipinski definition) is 3. The van der Waals surface area contributed by atoms with E-state index in [1.54, 1.807) is 42.5 Å². The molecule has 1 N–H and O–H groups in total.